The van der Waals surface area contributed by atoms with Gasteiger partial charge in [-0.05, 0) is 35.0 Å². The highest BCUT2D eigenvalue weighted by Crippen LogP contribution is 2.40. The number of ether oxygens (including phenoxy) is 2. The Balaban J connectivity index is 2.11. The Labute approximate surface area is 140 Å². The molecule has 0 atom stereocenters. The summed E-state index contributed by atoms with van der Waals surface area (Å²) in [7, 11) is 0. The molecule has 2 heterocycles. The second-order valence-electron chi connectivity index (χ2n) is 4.59. The van der Waals surface area contributed by atoms with Gasteiger partial charge in [0.1, 0.15) is 10.3 Å². The molecule has 0 N–H and O–H groups in total. The van der Waals surface area contributed by atoms with E-state index in [2.05, 4.69) is 25.9 Å². The number of benzene rings is 1. The molecule has 0 unspecified atom stereocenters. The molecule has 3 rings (SSSR count). The van der Waals surface area contributed by atoms with Gasteiger partial charge in [0.2, 0.25) is 0 Å². The van der Waals surface area contributed by atoms with Crippen LogP contribution in [0.2, 0.25) is 10.3 Å². The molecule has 4 nitrogen and oxygen atoms in total. The molecule has 0 fully saturated rings. The molecular weight excluding hydrogens is 379 g/mol. The highest BCUT2D eigenvalue weighted by molar-refractivity contribution is 9.10. The van der Waals surface area contributed by atoms with Gasteiger partial charge < -0.3 is 9.47 Å². The number of fused-ring (bicyclic) bond motifs is 1. The highest BCUT2D eigenvalue weighted by atomic mass is 79.9. The largest absolute Gasteiger partial charge is 0.489 e. The van der Waals surface area contributed by atoms with Crippen LogP contribution in [0.4, 0.5) is 0 Å². The molecule has 21 heavy (non-hydrogen) atoms. The van der Waals surface area contributed by atoms with E-state index in [4.69, 9.17) is 32.7 Å². The molecule has 110 valence electrons. The number of nitrogens with zero attached hydrogens (tertiary/aromatic N) is 2. The van der Waals surface area contributed by atoms with Gasteiger partial charge in [0.25, 0.3) is 0 Å². The SMILES string of the molecule is Cc1c(Cl)nc(-c2cc(Br)c3c(c2)OCCCO3)nc1Cl. The fourth-order valence-corrected chi connectivity index (χ4v) is 2.90. The van der Waals surface area contributed by atoms with Crippen LogP contribution in [0.5, 0.6) is 11.5 Å². The Hall–Kier alpha value is -1.04. The van der Waals surface area contributed by atoms with Crippen LogP contribution in [0.3, 0.4) is 0 Å². The van der Waals surface area contributed by atoms with Crippen LogP contribution in [0.15, 0.2) is 16.6 Å². The lowest BCUT2D eigenvalue weighted by molar-refractivity contribution is 0.296. The number of hydrogen-bond donors (Lipinski definition) is 0. The van der Waals surface area contributed by atoms with Gasteiger partial charge in [0.15, 0.2) is 17.3 Å². The van der Waals surface area contributed by atoms with Gasteiger partial charge >= 0.3 is 0 Å². The standard InChI is InChI=1S/C14H11BrCl2N2O2/c1-7-12(16)18-14(19-13(7)17)8-5-9(15)11-10(6-8)20-3-2-4-21-11/h5-6H,2-4H2,1H3. The van der Waals surface area contributed by atoms with E-state index in [-0.39, 0.29) is 0 Å². The normalized spacial score (nSPS) is 13.9. The minimum Gasteiger partial charge on any atom is -0.489 e. The van der Waals surface area contributed by atoms with Crippen molar-refractivity contribution in [3.63, 3.8) is 0 Å². The van der Waals surface area contributed by atoms with Crippen molar-refractivity contribution in [2.45, 2.75) is 13.3 Å². The zero-order valence-corrected chi connectivity index (χ0v) is 14.2. The summed E-state index contributed by atoms with van der Waals surface area (Å²) in [5, 5.41) is 0.682. The van der Waals surface area contributed by atoms with E-state index in [1.54, 1.807) is 6.92 Å². The number of hydrogen-bond acceptors (Lipinski definition) is 4. The maximum absolute atomic E-state index is 6.08. The molecule has 0 aliphatic carbocycles. The highest BCUT2D eigenvalue weighted by Gasteiger charge is 2.18. The first-order chi connectivity index (χ1) is 10.1. The molecule has 0 radical (unpaired) electrons. The molecular formula is C14H11BrCl2N2O2. The average molecular weight is 390 g/mol. The molecule has 0 amide bonds. The summed E-state index contributed by atoms with van der Waals surface area (Å²) in [5.41, 5.74) is 1.42. The smallest absolute Gasteiger partial charge is 0.175 e. The van der Waals surface area contributed by atoms with Gasteiger partial charge in [0, 0.05) is 17.5 Å². The maximum atomic E-state index is 6.08. The van der Waals surface area contributed by atoms with Crippen LogP contribution in [0, 0.1) is 6.92 Å². The van der Waals surface area contributed by atoms with E-state index in [0.29, 0.717) is 46.4 Å². The molecule has 0 spiro atoms. The van der Waals surface area contributed by atoms with Crippen LogP contribution in [0.25, 0.3) is 11.4 Å². The van der Waals surface area contributed by atoms with Crippen LogP contribution < -0.4 is 9.47 Å². The Kier molecular flexibility index (Phi) is 4.24. The van der Waals surface area contributed by atoms with E-state index in [0.717, 1.165) is 16.5 Å². The van der Waals surface area contributed by atoms with Crippen molar-refractivity contribution < 1.29 is 9.47 Å². The lowest BCUT2D eigenvalue weighted by Gasteiger charge is -2.12. The first-order valence-corrected chi connectivity index (χ1v) is 7.90. The first-order valence-electron chi connectivity index (χ1n) is 6.35. The summed E-state index contributed by atoms with van der Waals surface area (Å²) in [4.78, 5) is 8.54. The molecule has 7 heteroatoms. The van der Waals surface area contributed by atoms with Gasteiger partial charge in [-0.3, -0.25) is 0 Å². The van der Waals surface area contributed by atoms with E-state index in [9.17, 15) is 0 Å². The maximum Gasteiger partial charge on any atom is 0.175 e. The molecule has 0 saturated carbocycles. The number of rotatable bonds is 1. The summed E-state index contributed by atoms with van der Waals surface area (Å²) in [6.07, 6.45) is 0.842. The van der Waals surface area contributed by atoms with Crippen molar-refractivity contribution in [1.29, 1.82) is 0 Å². The zero-order valence-electron chi connectivity index (χ0n) is 11.1. The van der Waals surface area contributed by atoms with Crippen LogP contribution >= 0.6 is 39.1 Å². The van der Waals surface area contributed by atoms with Crippen molar-refractivity contribution in [1.82, 2.24) is 9.97 Å². The predicted molar refractivity (Wildman–Crippen MR) is 85.5 cm³/mol. The second kappa shape index (κ2) is 5.99. The van der Waals surface area contributed by atoms with Crippen molar-refractivity contribution in [3.8, 4) is 22.9 Å². The Morgan fingerprint density at radius 1 is 1.10 bits per heavy atom. The summed E-state index contributed by atoms with van der Waals surface area (Å²) >= 11 is 15.6. The third-order valence-electron chi connectivity index (χ3n) is 3.09. The number of aromatic nitrogens is 2. The van der Waals surface area contributed by atoms with Crippen LogP contribution in [-0.2, 0) is 0 Å². The quantitative estimate of drug-likeness (QED) is 0.664. The average Bonchev–Trinajstić information content (AvgIpc) is 2.69. The molecule has 1 aliphatic heterocycles. The third-order valence-corrected chi connectivity index (χ3v) is 4.41. The fourth-order valence-electron chi connectivity index (χ4n) is 1.95. The van der Waals surface area contributed by atoms with E-state index < -0.39 is 0 Å². The van der Waals surface area contributed by atoms with Gasteiger partial charge in [-0.25, -0.2) is 9.97 Å². The van der Waals surface area contributed by atoms with Gasteiger partial charge in [-0.1, -0.05) is 23.2 Å². The second-order valence-corrected chi connectivity index (χ2v) is 6.16. The predicted octanol–water partition coefficient (Wildman–Crippen LogP) is 4.68. The van der Waals surface area contributed by atoms with Crippen molar-refractivity contribution in [2.24, 2.45) is 0 Å². The molecule has 1 aromatic heterocycles. The Bertz CT molecular complexity index is 687. The van der Waals surface area contributed by atoms with Gasteiger partial charge in [0.05, 0.1) is 17.7 Å². The topological polar surface area (TPSA) is 44.2 Å². The van der Waals surface area contributed by atoms with E-state index in [1.165, 1.54) is 0 Å². The summed E-state index contributed by atoms with van der Waals surface area (Å²) in [5.74, 6) is 1.81. The number of halogens is 3. The molecule has 1 aromatic carbocycles. The lowest BCUT2D eigenvalue weighted by Crippen LogP contribution is -1.97. The Morgan fingerprint density at radius 2 is 1.76 bits per heavy atom. The summed E-state index contributed by atoms with van der Waals surface area (Å²) < 4.78 is 12.2. The van der Waals surface area contributed by atoms with Crippen molar-refractivity contribution in [2.75, 3.05) is 13.2 Å². The van der Waals surface area contributed by atoms with Gasteiger partial charge in [-0.2, -0.15) is 0 Å². The summed E-state index contributed by atoms with van der Waals surface area (Å²) in [6, 6.07) is 3.70. The van der Waals surface area contributed by atoms with E-state index >= 15 is 0 Å². The minimum atomic E-state index is 0.341. The Morgan fingerprint density at radius 3 is 2.48 bits per heavy atom. The summed E-state index contributed by atoms with van der Waals surface area (Å²) in [6.45, 7) is 3.02. The molecule has 1 aliphatic rings. The lowest BCUT2D eigenvalue weighted by atomic mass is 10.2. The molecule has 2 aromatic rings. The van der Waals surface area contributed by atoms with Crippen LogP contribution in [-0.4, -0.2) is 23.2 Å². The monoisotopic (exact) mass is 388 g/mol. The van der Waals surface area contributed by atoms with Crippen molar-refractivity contribution >= 4 is 39.1 Å². The molecule has 0 bridgehead atoms. The van der Waals surface area contributed by atoms with E-state index in [1.807, 2.05) is 12.1 Å². The van der Waals surface area contributed by atoms with Crippen molar-refractivity contribution in [3.05, 3.63) is 32.5 Å². The van der Waals surface area contributed by atoms with Gasteiger partial charge in [-0.15, -0.1) is 0 Å². The molecule has 0 saturated heterocycles. The van der Waals surface area contributed by atoms with Crippen LogP contribution in [0.1, 0.15) is 12.0 Å². The third kappa shape index (κ3) is 2.96. The minimum absolute atomic E-state index is 0.341. The fraction of sp³-hybridized carbons (Fsp3) is 0.286. The zero-order chi connectivity index (χ0) is 15.0. The first kappa shape index (κ1) is 14.9.